The van der Waals surface area contributed by atoms with Crippen molar-refractivity contribution in [1.29, 1.82) is 0 Å². The number of rotatable bonds is 13. The van der Waals surface area contributed by atoms with Gasteiger partial charge in [-0.2, -0.15) is 0 Å². The van der Waals surface area contributed by atoms with Crippen LogP contribution in [0.2, 0.25) is 0 Å². The molecule has 1 atom stereocenters. The number of benzene rings is 1. The first kappa shape index (κ1) is 24.9. The summed E-state index contributed by atoms with van der Waals surface area (Å²) in [5, 5.41) is 0. The van der Waals surface area contributed by atoms with Crippen LogP contribution < -0.4 is 4.74 Å². The van der Waals surface area contributed by atoms with Crippen molar-refractivity contribution in [2.45, 2.75) is 66.4 Å². The molecule has 1 rings (SSSR count). The lowest BCUT2D eigenvalue weighted by atomic mass is 10.2. The van der Waals surface area contributed by atoms with Gasteiger partial charge in [-0.05, 0) is 45.4 Å². The molecule has 0 spiro atoms. The van der Waals surface area contributed by atoms with Gasteiger partial charge in [-0.15, -0.1) is 0 Å². The van der Waals surface area contributed by atoms with E-state index >= 15 is 0 Å². The predicted octanol–water partition coefficient (Wildman–Crippen LogP) is 3.20. The summed E-state index contributed by atoms with van der Waals surface area (Å²) in [6.45, 7) is 12.7. The van der Waals surface area contributed by atoms with Crippen molar-refractivity contribution < 1.29 is 28.5 Å². The molecule has 0 fully saturated rings. The van der Waals surface area contributed by atoms with E-state index in [1.807, 2.05) is 52.0 Å². The van der Waals surface area contributed by atoms with E-state index in [0.29, 0.717) is 25.6 Å². The standard InChI is InChI=1S/C22H35NO6/c1-16(2)23(18(5)24)13-22(29-19(6)25)15-28-21-9-7-20(8-10-21)14-26-11-12-27-17(3)4/h7-10,16-17,22H,11-15H2,1-6H3. The maximum atomic E-state index is 11.8. The van der Waals surface area contributed by atoms with Gasteiger partial charge in [-0.3, -0.25) is 9.59 Å². The highest BCUT2D eigenvalue weighted by Crippen LogP contribution is 2.14. The lowest BCUT2D eigenvalue weighted by molar-refractivity contribution is -0.151. The van der Waals surface area contributed by atoms with Crippen LogP contribution in [0.25, 0.3) is 0 Å². The van der Waals surface area contributed by atoms with Crippen LogP contribution in [0.5, 0.6) is 5.75 Å². The zero-order valence-corrected chi connectivity index (χ0v) is 18.5. The number of amides is 1. The van der Waals surface area contributed by atoms with Crippen LogP contribution >= 0.6 is 0 Å². The summed E-state index contributed by atoms with van der Waals surface area (Å²) in [6, 6.07) is 7.56. The molecule has 0 aliphatic carbocycles. The normalized spacial score (nSPS) is 12.1. The van der Waals surface area contributed by atoms with E-state index in [-0.39, 0.29) is 31.2 Å². The van der Waals surface area contributed by atoms with Crippen molar-refractivity contribution in [2.24, 2.45) is 0 Å². The van der Waals surface area contributed by atoms with Crippen LogP contribution in [0, 0.1) is 0 Å². The molecule has 1 unspecified atom stereocenters. The third-order valence-electron chi connectivity index (χ3n) is 4.07. The molecule has 0 radical (unpaired) electrons. The van der Waals surface area contributed by atoms with Crippen molar-refractivity contribution >= 4 is 11.9 Å². The monoisotopic (exact) mass is 409 g/mol. The fraction of sp³-hybridized carbons (Fsp3) is 0.636. The van der Waals surface area contributed by atoms with Crippen LogP contribution in [0.3, 0.4) is 0 Å². The molecule has 7 nitrogen and oxygen atoms in total. The molecule has 0 bridgehead atoms. The van der Waals surface area contributed by atoms with E-state index in [4.69, 9.17) is 18.9 Å². The van der Waals surface area contributed by atoms with Gasteiger partial charge in [0, 0.05) is 19.9 Å². The lowest BCUT2D eigenvalue weighted by Crippen LogP contribution is -2.44. The Hall–Kier alpha value is -2.12. The molecular weight excluding hydrogens is 374 g/mol. The number of nitrogens with zero attached hydrogens (tertiary/aromatic N) is 1. The lowest BCUT2D eigenvalue weighted by Gasteiger charge is -2.29. The quantitative estimate of drug-likeness (QED) is 0.368. The van der Waals surface area contributed by atoms with Crippen molar-refractivity contribution in [3.63, 3.8) is 0 Å². The largest absolute Gasteiger partial charge is 0.490 e. The van der Waals surface area contributed by atoms with Gasteiger partial charge in [-0.1, -0.05) is 12.1 Å². The summed E-state index contributed by atoms with van der Waals surface area (Å²) in [5.41, 5.74) is 1.03. The molecule has 29 heavy (non-hydrogen) atoms. The Morgan fingerprint density at radius 2 is 1.66 bits per heavy atom. The highest BCUT2D eigenvalue weighted by molar-refractivity contribution is 5.73. The SMILES string of the molecule is CC(=O)OC(COc1ccc(COCCOC(C)C)cc1)CN(C(C)=O)C(C)C. The average molecular weight is 410 g/mol. The molecule has 0 heterocycles. The second-order valence-electron chi connectivity index (χ2n) is 7.42. The number of ether oxygens (including phenoxy) is 4. The van der Waals surface area contributed by atoms with Gasteiger partial charge in [0.05, 0.1) is 32.5 Å². The van der Waals surface area contributed by atoms with Crippen molar-refractivity contribution in [1.82, 2.24) is 4.90 Å². The van der Waals surface area contributed by atoms with Crippen LogP contribution in [0.15, 0.2) is 24.3 Å². The molecule has 0 N–H and O–H groups in total. The number of hydrogen-bond acceptors (Lipinski definition) is 6. The summed E-state index contributed by atoms with van der Waals surface area (Å²) in [6.07, 6.45) is -0.336. The van der Waals surface area contributed by atoms with E-state index < -0.39 is 12.1 Å². The molecule has 0 aliphatic rings. The molecule has 164 valence electrons. The van der Waals surface area contributed by atoms with E-state index in [2.05, 4.69) is 0 Å². The molecule has 1 aromatic carbocycles. The van der Waals surface area contributed by atoms with Gasteiger partial charge in [0.15, 0.2) is 6.10 Å². The minimum absolute atomic E-state index is 0.00998. The highest BCUT2D eigenvalue weighted by Gasteiger charge is 2.21. The number of hydrogen-bond donors (Lipinski definition) is 0. The second-order valence-corrected chi connectivity index (χ2v) is 7.42. The molecule has 1 amide bonds. The van der Waals surface area contributed by atoms with Crippen molar-refractivity contribution in [2.75, 3.05) is 26.4 Å². The minimum Gasteiger partial charge on any atom is -0.490 e. The van der Waals surface area contributed by atoms with Gasteiger partial charge in [0.2, 0.25) is 5.91 Å². The smallest absolute Gasteiger partial charge is 0.303 e. The summed E-state index contributed by atoms with van der Waals surface area (Å²) in [7, 11) is 0. The first-order valence-electron chi connectivity index (χ1n) is 10.0. The van der Waals surface area contributed by atoms with Gasteiger partial charge in [0.1, 0.15) is 12.4 Å². The molecule has 7 heteroatoms. The van der Waals surface area contributed by atoms with Crippen molar-refractivity contribution in [3.8, 4) is 5.75 Å². The van der Waals surface area contributed by atoms with Gasteiger partial charge in [0.25, 0.3) is 0 Å². The summed E-state index contributed by atoms with van der Waals surface area (Å²) in [5.74, 6) is 0.188. The third-order valence-corrected chi connectivity index (χ3v) is 4.07. The fourth-order valence-electron chi connectivity index (χ4n) is 2.68. The van der Waals surface area contributed by atoms with E-state index in [1.54, 1.807) is 4.90 Å². The van der Waals surface area contributed by atoms with Gasteiger partial charge in [-0.25, -0.2) is 0 Å². The van der Waals surface area contributed by atoms with Crippen LogP contribution in [-0.4, -0.2) is 61.4 Å². The molecule has 0 saturated heterocycles. The Balaban J connectivity index is 2.52. The first-order chi connectivity index (χ1) is 13.7. The Kier molecular flexibility index (Phi) is 11.3. The predicted molar refractivity (Wildman–Crippen MR) is 111 cm³/mol. The zero-order chi connectivity index (χ0) is 21.8. The van der Waals surface area contributed by atoms with E-state index in [0.717, 1.165) is 5.56 Å². The second kappa shape index (κ2) is 13.2. The average Bonchev–Trinajstić information content (AvgIpc) is 2.63. The van der Waals surface area contributed by atoms with E-state index in [1.165, 1.54) is 13.8 Å². The summed E-state index contributed by atoms with van der Waals surface area (Å²) < 4.78 is 22.1. The van der Waals surface area contributed by atoms with Crippen LogP contribution in [-0.2, 0) is 30.4 Å². The maximum absolute atomic E-state index is 11.8. The molecule has 0 saturated carbocycles. The Morgan fingerprint density at radius 1 is 1.00 bits per heavy atom. The summed E-state index contributed by atoms with van der Waals surface area (Å²) in [4.78, 5) is 24.9. The molecule has 1 aromatic rings. The van der Waals surface area contributed by atoms with Crippen molar-refractivity contribution in [3.05, 3.63) is 29.8 Å². The first-order valence-corrected chi connectivity index (χ1v) is 10.0. The summed E-state index contributed by atoms with van der Waals surface area (Å²) >= 11 is 0. The Morgan fingerprint density at radius 3 is 2.17 bits per heavy atom. The molecule has 0 aromatic heterocycles. The topological polar surface area (TPSA) is 74.3 Å². The Bertz CT molecular complexity index is 614. The van der Waals surface area contributed by atoms with Crippen LogP contribution in [0.4, 0.5) is 0 Å². The maximum Gasteiger partial charge on any atom is 0.303 e. The number of carbonyl (C=O) groups is 2. The zero-order valence-electron chi connectivity index (χ0n) is 18.5. The molecular formula is C22H35NO6. The van der Waals surface area contributed by atoms with Crippen LogP contribution in [0.1, 0.15) is 47.1 Å². The number of esters is 1. The number of carbonyl (C=O) groups excluding carboxylic acids is 2. The van der Waals surface area contributed by atoms with Gasteiger partial charge < -0.3 is 23.8 Å². The Labute approximate surface area is 174 Å². The third kappa shape index (κ3) is 10.9. The van der Waals surface area contributed by atoms with Gasteiger partial charge >= 0.3 is 5.97 Å². The van der Waals surface area contributed by atoms with E-state index in [9.17, 15) is 9.59 Å². The minimum atomic E-state index is -0.539. The molecule has 0 aliphatic heterocycles. The highest BCUT2D eigenvalue weighted by atomic mass is 16.6. The fourth-order valence-corrected chi connectivity index (χ4v) is 2.68.